The third-order valence-electron chi connectivity index (χ3n) is 3.31. The van der Waals surface area contributed by atoms with Crippen molar-refractivity contribution in [1.29, 1.82) is 0 Å². The van der Waals surface area contributed by atoms with Gasteiger partial charge in [0, 0.05) is 36.8 Å². The SMILES string of the molecule is COc1ccc([N+](=O)[O-])cc1S(C)(=O)=O.CS(=O)(=O)c1cc([N+](=O)[O-])ccc1O. The molecule has 1 N–H and O–H groups in total. The molecule has 158 valence electrons. The minimum Gasteiger partial charge on any atom is -0.507 e. The maximum atomic E-state index is 11.3. The summed E-state index contributed by atoms with van der Waals surface area (Å²) in [7, 11) is -5.87. The molecule has 0 atom stereocenters. The number of hydrogen-bond donors (Lipinski definition) is 1. The second kappa shape index (κ2) is 8.83. The molecule has 2 aromatic carbocycles. The van der Waals surface area contributed by atoms with Crippen molar-refractivity contribution in [3.8, 4) is 11.5 Å². The summed E-state index contributed by atoms with van der Waals surface area (Å²) in [6.07, 6.45) is 1.83. The molecule has 0 bridgehead atoms. The fourth-order valence-electron chi connectivity index (χ4n) is 1.98. The number of ether oxygens (including phenoxy) is 1. The number of aromatic hydroxyl groups is 1. The van der Waals surface area contributed by atoms with Gasteiger partial charge < -0.3 is 9.84 Å². The van der Waals surface area contributed by atoms with E-state index in [1.54, 1.807) is 0 Å². The van der Waals surface area contributed by atoms with E-state index in [1.165, 1.54) is 19.2 Å². The Balaban J connectivity index is 0.000000291. The van der Waals surface area contributed by atoms with Gasteiger partial charge in [0.1, 0.15) is 21.3 Å². The minimum atomic E-state index is -3.64. The quantitative estimate of drug-likeness (QED) is 0.521. The van der Waals surface area contributed by atoms with Gasteiger partial charge in [0.2, 0.25) is 0 Å². The maximum Gasteiger partial charge on any atom is 0.271 e. The lowest BCUT2D eigenvalue weighted by Crippen LogP contribution is -2.01. The van der Waals surface area contributed by atoms with Crippen molar-refractivity contribution in [3.63, 3.8) is 0 Å². The van der Waals surface area contributed by atoms with Crippen LogP contribution in [0.1, 0.15) is 0 Å². The Kier molecular flexibility index (Phi) is 7.24. The zero-order valence-electron chi connectivity index (χ0n) is 15.3. The molecule has 0 spiro atoms. The van der Waals surface area contributed by atoms with Crippen molar-refractivity contribution in [1.82, 2.24) is 0 Å². The lowest BCUT2D eigenvalue weighted by Gasteiger charge is -2.05. The Labute approximate surface area is 165 Å². The van der Waals surface area contributed by atoms with E-state index < -0.39 is 40.2 Å². The highest BCUT2D eigenvalue weighted by atomic mass is 32.2. The Morgan fingerprint density at radius 3 is 1.62 bits per heavy atom. The third-order valence-corrected chi connectivity index (χ3v) is 5.56. The largest absolute Gasteiger partial charge is 0.507 e. The van der Waals surface area contributed by atoms with E-state index in [0.29, 0.717) is 0 Å². The Morgan fingerprint density at radius 1 is 0.828 bits per heavy atom. The van der Waals surface area contributed by atoms with Gasteiger partial charge in [-0.05, 0) is 12.1 Å². The van der Waals surface area contributed by atoms with Crippen LogP contribution in [-0.2, 0) is 19.7 Å². The zero-order chi connectivity index (χ0) is 22.6. The molecule has 29 heavy (non-hydrogen) atoms. The predicted molar refractivity (Wildman–Crippen MR) is 101 cm³/mol. The number of nitro benzene ring substituents is 2. The zero-order valence-corrected chi connectivity index (χ0v) is 16.9. The van der Waals surface area contributed by atoms with Crippen LogP contribution in [0.25, 0.3) is 0 Å². The van der Waals surface area contributed by atoms with Crippen LogP contribution in [0.4, 0.5) is 11.4 Å². The number of rotatable bonds is 5. The summed E-state index contributed by atoms with van der Waals surface area (Å²) in [5.74, 6) is -0.388. The standard InChI is InChI=1S/C8H9NO5S.C7H7NO5S/c1-14-7-4-3-6(9(10)11)5-8(7)15(2,12)13;1-14(12,13)7-4-5(8(10)11)2-3-6(7)9/h3-5H,1-2H3;2-4,9H,1H3. The van der Waals surface area contributed by atoms with Crippen molar-refractivity contribution < 1.29 is 36.5 Å². The number of hydrogen-bond acceptors (Lipinski definition) is 10. The summed E-state index contributed by atoms with van der Waals surface area (Å²) < 4.78 is 49.5. The molecule has 14 heteroatoms. The first-order chi connectivity index (χ1) is 13.2. The topological polar surface area (TPSA) is 184 Å². The molecule has 0 radical (unpaired) electrons. The Bertz CT molecular complexity index is 1160. The highest BCUT2D eigenvalue weighted by molar-refractivity contribution is 7.91. The number of methoxy groups -OCH3 is 1. The molecule has 0 unspecified atom stereocenters. The first kappa shape index (κ1) is 23.8. The van der Waals surface area contributed by atoms with Crippen LogP contribution >= 0.6 is 0 Å². The number of nitrogens with zero attached hydrogens (tertiary/aromatic N) is 2. The lowest BCUT2D eigenvalue weighted by atomic mass is 10.3. The minimum absolute atomic E-state index is 0.100. The number of phenols is 1. The van der Waals surface area contributed by atoms with Crippen molar-refractivity contribution in [2.45, 2.75) is 9.79 Å². The third kappa shape index (κ3) is 6.39. The number of phenolic OH excluding ortho intramolecular Hbond substituents is 1. The first-order valence-electron chi connectivity index (χ1n) is 7.38. The highest BCUT2D eigenvalue weighted by Gasteiger charge is 2.19. The van der Waals surface area contributed by atoms with Gasteiger partial charge in [-0.15, -0.1) is 0 Å². The van der Waals surface area contributed by atoms with Gasteiger partial charge in [0.25, 0.3) is 11.4 Å². The number of non-ortho nitro benzene ring substituents is 2. The van der Waals surface area contributed by atoms with Crippen molar-refractivity contribution >= 4 is 31.0 Å². The first-order valence-corrected chi connectivity index (χ1v) is 11.2. The van der Waals surface area contributed by atoms with Crippen LogP contribution in [0.3, 0.4) is 0 Å². The van der Waals surface area contributed by atoms with Crippen LogP contribution in [0, 0.1) is 20.2 Å². The molecular weight excluding hydrogens is 432 g/mol. The molecule has 0 saturated heterocycles. The normalized spacial score (nSPS) is 11.1. The molecule has 2 aromatic rings. The van der Waals surface area contributed by atoms with E-state index >= 15 is 0 Å². The van der Waals surface area contributed by atoms with Crippen molar-refractivity contribution in [2.75, 3.05) is 19.6 Å². The summed E-state index contributed by atoms with van der Waals surface area (Å²) in [5.41, 5.74) is -0.653. The molecule has 0 heterocycles. The van der Waals surface area contributed by atoms with E-state index in [2.05, 4.69) is 0 Å². The molecule has 0 aliphatic heterocycles. The second-order valence-corrected chi connectivity index (χ2v) is 9.51. The molecule has 0 aliphatic carbocycles. The number of benzene rings is 2. The Hall–Kier alpha value is -3.26. The molecule has 12 nitrogen and oxygen atoms in total. The van der Waals surface area contributed by atoms with Gasteiger partial charge in [0.05, 0.1) is 17.0 Å². The second-order valence-electron chi connectivity index (χ2n) is 5.55. The van der Waals surface area contributed by atoms with Crippen LogP contribution in [0.2, 0.25) is 0 Å². The van der Waals surface area contributed by atoms with E-state index in [-0.39, 0.29) is 22.0 Å². The fourth-order valence-corrected chi connectivity index (χ4v) is 3.62. The van der Waals surface area contributed by atoms with Crippen LogP contribution in [0.5, 0.6) is 11.5 Å². The molecule has 0 saturated carbocycles. The van der Waals surface area contributed by atoms with E-state index in [1.807, 2.05) is 0 Å². The van der Waals surface area contributed by atoms with Gasteiger partial charge in [-0.1, -0.05) is 0 Å². The van der Waals surface area contributed by atoms with Crippen molar-refractivity contribution in [2.24, 2.45) is 0 Å². The smallest absolute Gasteiger partial charge is 0.271 e. The van der Waals surface area contributed by atoms with Crippen LogP contribution in [-0.4, -0.2) is 51.4 Å². The number of nitro groups is 2. The molecule has 2 rings (SSSR count). The van der Waals surface area contributed by atoms with Gasteiger partial charge in [-0.3, -0.25) is 20.2 Å². The fraction of sp³-hybridized carbons (Fsp3) is 0.200. The predicted octanol–water partition coefficient (Wildman–Crippen LogP) is 1.71. The van der Waals surface area contributed by atoms with Crippen LogP contribution in [0.15, 0.2) is 46.2 Å². The monoisotopic (exact) mass is 448 g/mol. The Morgan fingerprint density at radius 2 is 1.24 bits per heavy atom. The number of sulfone groups is 2. The average molecular weight is 448 g/mol. The summed E-state index contributed by atoms with van der Waals surface area (Å²) in [6.45, 7) is 0. The van der Waals surface area contributed by atoms with Crippen LogP contribution < -0.4 is 4.74 Å². The summed E-state index contributed by atoms with van der Waals surface area (Å²) in [4.78, 5) is 18.8. The maximum absolute atomic E-state index is 11.3. The van der Waals surface area contributed by atoms with Gasteiger partial charge in [-0.25, -0.2) is 16.8 Å². The van der Waals surface area contributed by atoms with E-state index in [9.17, 15) is 37.1 Å². The molecule has 0 aliphatic rings. The molecule has 0 fully saturated rings. The molecule has 0 aromatic heterocycles. The summed E-state index contributed by atoms with van der Waals surface area (Å²) in [6, 6.07) is 6.26. The van der Waals surface area contributed by atoms with E-state index in [4.69, 9.17) is 9.84 Å². The summed E-state index contributed by atoms with van der Waals surface area (Å²) in [5, 5.41) is 29.9. The lowest BCUT2D eigenvalue weighted by molar-refractivity contribution is -0.385. The van der Waals surface area contributed by atoms with Gasteiger partial charge in [0.15, 0.2) is 19.7 Å². The average Bonchev–Trinajstić information content (AvgIpc) is 2.60. The molecular formula is C15H16N2O10S2. The van der Waals surface area contributed by atoms with Gasteiger partial charge >= 0.3 is 0 Å². The highest BCUT2D eigenvalue weighted by Crippen LogP contribution is 2.28. The molecule has 0 amide bonds. The van der Waals surface area contributed by atoms with Crippen molar-refractivity contribution in [3.05, 3.63) is 56.6 Å². The summed E-state index contributed by atoms with van der Waals surface area (Å²) >= 11 is 0. The van der Waals surface area contributed by atoms with E-state index in [0.717, 1.165) is 36.8 Å². The van der Waals surface area contributed by atoms with Gasteiger partial charge in [-0.2, -0.15) is 0 Å².